The number of hydrogen-bond acceptors (Lipinski definition) is 5. The lowest BCUT2D eigenvalue weighted by molar-refractivity contribution is 0.106. The molecule has 1 heterocycles. The minimum atomic E-state index is -0.708. The van der Waals surface area contributed by atoms with Crippen LogP contribution in [-0.4, -0.2) is 27.8 Å². The Labute approximate surface area is 151 Å². The zero-order chi connectivity index (χ0) is 18.0. The molecule has 2 bridgehead atoms. The normalized spacial score (nSPS) is 31.7. The summed E-state index contributed by atoms with van der Waals surface area (Å²) in [5.74, 6) is 0.794. The fourth-order valence-corrected chi connectivity index (χ4v) is 6.10. The molecular weight excluding hydrogens is 336 g/mol. The molecule has 25 heavy (non-hydrogen) atoms. The van der Waals surface area contributed by atoms with Gasteiger partial charge in [-0.2, -0.15) is 0 Å². The summed E-state index contributed by atoms with van der Waals surface area (Å²) in [6.07, 6.45) is 3.00. The van der Waals surface area contributed by atoms with Crippen LogP contribution in [0.1, 0.15) is 51.7 Å². The molecule has 0 amide bonds. The number of benzene rings is 1. The van der Waals surface area contributed by atoms with E-state index in [9.17, 15) is 15.0 Å². The molecule has 4 atom stereocenters. The summed E-state index contributed by atoms with van der Waals surface area (Å²) >= 11 is 1.03. The SMILES string of the molecule is CC1(C)[C@@H]2CC[C@@]1(C)[C@@H](NC[C@H](O)c1ccc(O)c3[nH]c(=O)sc13)C2. The molecule has 0 saturated heterocycles. The van der Waals surface area contributed by atoms with Crippen molar-refractivity contribution in [1.29, 1.82) is 0 Å². The Hall–Kier alpha value is -1.37. The van der Waals surface area contributed by atoms with Gasteiger partial charge in [0, 0.05) is 18.2 Å². The number of aliphatic hydroxyl groups excluding tert-OH is 1. The smallest absolute Gasteiger partial charge is 0.305 e. The van der Waals surface area contributed by atoms with Crippen LogP contribution in [0.25, 0.3) is 10.2 Å². The second-order valence-electron chi connectivity index (χ2n) is 8.48. The Morgan fingerprint density at radius 2 is 2.16 bits per heavy atom. The lowest BCUT2D eigenvalue weighted by atomic mass is 9.69. The number of aliphatic hydroxyl groups is 1. The average molecular weight is 362 g/mol. The number of thiazole rings is 1. The van der Waals surface area contributed by atoms with Crippen molar-refractivity contribution in [3.63, 3.8) is 0 Å². The van der Waals surface area contributed by atoms with E-state index in [1.54, 1.807) is 6.07 Å². The van der Waals surface area contributed by atoms with Crippen LogP contribution in [0.5, 0.6) is 5.75 Å². The monoisotopic (exact) mass is 362 g/mol. The van der Waals surface area contributed by atoms with E-state index >= 15 is 0 Å². The number of aromatic hydroxyl groups is 1. The van der Waals surface area contributed by atoms with Crippen molar-refractivity contribution in [2.75, 3.05) is 6.54 Å². The highest BCUT2D eigenvalue weighted by atomic mass is 32.1. The summed E-state index contributed by atoms with van der Waals surface area (Å²) < 4.78 is 0.638. The first-order valence-electron chi connectivity index (χ1n) is 9.00. The number of aromatic nitrogens is 1. The Morgan fingerprint density at radius 1 is 1.40 bits per heavy atom. The molecule has 0 spiro atoms. The van der Waals surface area contributed by atoms with Gasteiger partial charge in [0.05, 0.1) is 10.8 Å². The molecule has 136 valence electrons. The van der Waals surface area contributed by atoms with Crippen LogP contribution in [0, 0.1) is 16.7 Å². The van der Waals surface area contributed by atoms with E-state index in [1.165, 1.54) is 25.3 Å². The number of H-pyrrole nitrogens is 1. The molecule has 5 nitrogen and oxygen atoms in total. The largest absolute Gasteiger partial charge is 0.506 e. The first-order chi connectivity index (χ1) is 11.7. The van der Waals surface area contributed by atoms with Crippen molar-refractivity contribution in [1.82, 2.24) is 10.3 Å². The standard InChI is InChI=1S/C19H26N2O3S/c1-18(2)10-6-7-19(18,3)14(8-10)20-9-13(23)11-4-5-12(22)15-16(11)25-17(24)21-15/h4-5,10,13-14,20,22-23H,6-9H2,1-3H3,(H,21,24)/t10-,13+,14+,19+/m1/s1. The molecule has 4 rings (SSSR count). The highest BCUT2D eigenvalue weighted by Crippen LogP contribution is 2.65. The van der Waals surface area contributed by atoms with Crippen LogP contribution in [-0.2, 0) is 0 Å². The number of fused-ring (bicyclic) bond motifs is 3. The summed E-state index contributed by atoms with van der Waals surface area (Å²) in [6, 6.07) is 3.65. The zero-order valence-corrected chi connectivity index (χ0v) is 15.7. The summed E-state index contributed by atoms with van der Waals surface area (Å²) in [6.45, 7) is 7.59. The third-order valence-corrected chi connectivity index (χ3v) is 8.23. The Kier molecular flexibility index (Phi) is 3.80. The number of rotatable bonds is 4. The minimum Gasteiger partial charge on any atom is -0.506 e. The molecule has 2 aromatic rings. The molecule has 2 aliphatic carbocycles. The van der Waals surface area contributed by atoms with Crippen LogP contribution in [0.15, 0.2) is 16.9 Å². The quantitative estimate of drug-likeness (QED) is 0.673. The topological polar surface area (TPSA) is 85.3 Å². The molecule has 2 aliphatic rings. The van der Waals surface area contributed by atoms with E-state index in [2.05, 4.69) is 31.1 Å². The summed E-state index contributed by atoms with van der Waals surface area (Å²) in [7, 11) is 0. The van der Waals surface area contributed by atoms with E-state index in [4.69, 9.17) is 0 Å². The Bertz CT molecular complexity index is 871. The van der Waals surface area contributed by atoms with Crippen LogP contribution >= 0.6 is 11.3 Å². The van der Waals surface area contributed by atoms with E-state index in [-0.39, 0.29) is 16.0 Å². The van der Waals surface area contributed by atoms with E-state index < -0.39 is 6.10 Å². The van der Waals surface area contributed by atoms with Crippen molar-refractivity contribution in [3.05, 3.63) is 27.4 Å². The molecule has 2 fully saturated rings. The second-order valence-corrected chi connectivity index (χ2v) is 9.46. The molecule has 1 aromatic carbocycles. The lowest BCUT2D eigenvalue weighted by Gasteiger charge is -2.40. The maximum absolute atomic E-state index is 11.6. The van der Waals surface area contributed by atoms with Gasteiger partial charge in [0.25, 0.3) is 0 Å². The van der Waals surface area contributed by atoms with Gasteiger partial charge in [-0.05, 0) is 42.1 Å². The van der Waals surface area contributed by atoms with E-state index in [0.29, 0.717) is 33.8 Å². The molecule has 0 aliphatic heterocycles. The number of phenolic OH excluding ortho intramolecular Hbond substituents is 1. The first kappa shape index (κ1) is 17.1. The Balaban J connectivity index is 1.53. The number of hydrogen-bond donors (Lipinski definition) is 4. The average Bonchev–Trinajstić information content (AvgIpc) is 3.11. The zero-order valence-electron chi connectivity index (χ0n) is 14.9. The maximum atomic E-state index is 11.6. The van der Waals surface area contributed by atoms with E-state index in [1.807, 2.05) is 0 Å². The first-order valence-corrected chi connectivity index (χ1v) is 9.82. The minimum absolute atomic E-state index is 0.0413. The van der Waals surface area contributed by atoms with Gasteiger partial charge in [-0.25, -0.2) is 0 Å². The van der Waals surface area contributed by atoms with Crippen molar-refractivity contribution in [2.45, 2.75) is 52.2 Å². The van der Waals surface area contributed by atoms with Crippen LogP contribution in [0.2, 0.25) is 0 Å². The Morgan fingerprint density at radius 3 is 2.80 bits per heavy atom. The second kappa shape index (κ2) is 5.56. The summed E-state index contributed by atoms with van der Waals surface area (Å²) in [5, 5.41) is 24.2. The summed E-state index contributed by atoms with van der Waals surface area (Å²) in [4.78, 5) is 14.1. The van der Waals surface area contributed by atoms with Gasteiger partial charge in [0.2, 0.25) is 0 Å². The molecule has 6 heteroatoms. The van der Waals surface area contributed by atoms with Crippen molar-refractivity contribution in [2.24, 2.45) is 16.7 Å². The van der Waals surface area contributed by atoms with Gasteiger partial charge in [-0.3, -0.25) is 4.79 Å². The molecule has 0 radical (unpaired) electrons. The van der Waals surface area contributed by atoms with Gasteiger partial charge in [0.1, 0.15) is 11.3 Å². The van der Waals surface area contributed by atoms with Gasteiger partial charge in [-0.1, -0.05) is 38.2 Å². The lowest BCUT2D eigenvalue weighted by Crippen LogP contribution is -2.45. The number of phenols is 1. The fourth-order valence-electron chi connectivity index (χ4n) is 5.18. The number of nitrogens with one attached hydrogen (secondary N) is 2. The van der Waals surface area contributed by atoms with E-state index in [0.717, 1.165) is 17.3 Å². The maximum Gasteiger partial charge on any atom is 0.305 e. The molecule has 4 N–H and O–H groups in total. The van der Waals surface area contributed by atoms with Crippen LogP contribution in [0.4, 0.5) is 0 Å². The molecule has 0 unspecified atom stereocenters. The third-order valence-electron chi connectivity index (χ3n) is 7.30. The third kappa shape index (κ3) is 2.38. The highest BCUT2D eigenvalue weighted by Gasteiger charge is 2.61. The van der Waals surface area contributed by atoms with Gasteiger partial charge < -0.3 is 20.5 Å². The van der Waals surface area contributed by atoms with Gasteiger partial charge >= 0.3 is 4.87 Å². The fraction of sp³-hybridized carbons (Fsp3) is 0.632. The molecule has 1 aromatic heterocycles. The summed E-state index contributed by atoms with van der Waals surface area (Å²) in [5.41, 5.74) is 1.71. The van der Waals surface area contributed by atoms with Crippen molar-refractivity contribution in [3.8, 4) is 5.75 Å². The van der Waals surface area contributed by atoms with Crippen LogP contribution < -0.4 is 10.2 Å². The highest BCUT2D eigenvalue weighted by molar-refractivity contribution is 7.16. The van der Waals surface area contributed by atoms with Gasteiger partial charge in [0.15, 0.2) is 0 Å². The molecule has 2 saturated carbocycles. The van der Waals surface area contributed by atoms with Crippen molar-refractivity contribution < 1.29 is 10.2 Å². The van der Waals surface area contributed by atoms with Crippen LogP contribution in [0.3, 0.4) is 0 Å². The molecular formula is C19H26N2O3S. The van der Waals surface area contributed by atoms with Crippen molar-refractivity contribution >= 4 is 21.6 Å². The predicted octanol–water partition coefficient (Wildman–Crippen LogP) is 3.13. The predicted molar refractivity (Wildman–Crippen MR) is 100 cm³/mol. The van der Waals surface area contributed by atoms with Gasteiger partial charge in [-0.15, -0.1) is 0 Å². The number of aromatic amines is 1.